The third-order valence-corrected chi connectivity index (χ3v) is 5.69. The summed E-state index contributed by atoms with van der Waals surface area (Å²) in [5.74, 6) is 1.32. The first kappa shape index (κ1) is 18.2. The molecule has 4 heteroatoms. The van der Waals surface area contributed by atoms with Gasteiger partial charge in [-0.3, -0.25) is 0 Å². The van der Waals surface area contributed by atoms with Crippen LogP contribution in [0.1, 0.15) is 25.0 Å². The van der Waals surface area contributed by atoms with Gasteiger partial charge in [0, 0.05) is 11.7 Å². The maximum atomic E-state index is 11.5. The van der Waals surface area contributed by atoms with Gasteiger partial charge in [0.15, 0.2) is 9.84 Å². The van der Waals surface area contributed by atoms with Crippen molar-refractivity contribution in [3.8, 4) is 11.5 Å². The smallest absolute Gasteiger partial charge is 0.175 e. The molecule has 0 radical (unpaired) electrons. The van der Waals surface area contributed by atoms with Gasteiger partial charge in [0.05, 0.1) is 4.90 Å². The van der Waals surface area contributed by atoms with Crippen molar-refractivity contribution in [3.05, 3.63) is 90.0 Å². The summed E-state index contributed by atoms with van der Waals surface area (Å²) < 4.78 is 28.8. The van der Waals surface area contributed by atoms with E-state index in [0.717, 1.165) is 0 Å². The Morgan fingerprint density at radius 2 is 1.15 bits per heavy atom. The van der Waals surface area contributed by atoms with E-state index in [1.807, 2.05) is 18.2 Å². The zero-order valence-corrected chi connectivity index (χ0v) is 16.0. The second kappa shape index (κ2) is 6.96. The van der Waals surface area contributed by atoms with Crippen LogP contribution >= 0.6 is 0 Å². The fourth-order valence-corrected chi connectivity index (χ4v) is 3.48. The van der Waals surface area contributed by atoms with E-state index < -0.39 is 9.84 Å². The van der Waals surface area contributed by atoms with Gasteiger partial charge in [-0.1, -0.05) is 56.3 Å². The molecule has 0 amide bonds. The lowest BCUT2D eigenvalue weighted by atomic mass is 9.78. The number of hydrogen-bond acceptors (Lipinski definition) is 3. The molecule has 3 aromatic carbocycles. The molecule has 134 valence electrons. The molecule has 0 saturated carbocycles. The van der Waals surface area contributed by atoms with Crippen LogP contribution in [0.5, 0.6) is 11.5 Å². The van der Waals surface area contributed by atoms with Crippen molar-refractivity contribution in [2.24, 2.45) is 0 Å². The molecule has 3 nitrogen and oxygen atoms in total. The minimum absolute atomic E-state index is 0.100. The highest BCUT2D eigenvalue weighted by Gasteiger charge is 2.22. The van der Waals surface area contributed by atoms with E-state index in [2.05, 4.69) is 50.2 Å². The molecule has 0 aliphatic heterocycles. The van der Waals surface area contributed by atoms with Crippen molar-refractivity contribution in [1.82, 2.24) is 0 Å². The van der Waals surface area contributed by atoms with Crippen LogP contribution in [0.4, 0.5) is 0 Å². The third-order valence-electron chi connectivity index (χ3n) is 4.56. The second-order valence-corrected chi connectivity index (χ2v) is 8.88. The van der Waals surface area contributed by atoms with E-state index >= 15 is 0 Å². The van der Waals surface area contributed by atoms with Crippen LogP contribution in [-0.4, -0.2) is 14.7 Å². The molecule has 0 N–H and O–H groups in total. The lowest BCUT2D eigenvalue weighted by Crippen LogP contribution is -2.18. The van der Waals surface area contributed by atoms with Crippen LogP contribution in [0.2, 0.25) is 0 Å². The van der Waals surface area contributed by atoms with Crippen molar-refractivity contribution < 1.29 is 13.2 Å². The highest BCUT2D eigenvalue weighted by molar-refractivity contribution is 7.90. The predicted octanol–water partition coefficient (Wildman–Crippen LogP) is 5.21. The molecule has 0 unspecified atom stereocenters. The van der Waals surface area contributed by atoms with E-state index in [1.165, 1.54) is 17.4 Å². The van der Waals surface area contributed by atoms with E-state index in [9.17, 15) is 8.42 Å². The molecule has 0 heterocycles. The lowest BCUT2D eigenvalue weighted by molar-refractivity contribution is 0.481. The van der Waals surface area contributed by atoms with E-state index in [1.54, 1.807) is 24.3 Å². The van der Waals surface area contributed by atoms with Crippen LogP contribution in [0.15, 0.2) is 83.8 Å². The third kappa shape index (κ3) is 3.97. The van der Waals surface area contributed by atoms with Crippen molar-refractivity contribution >= 4 is 9.84 Å². The molecule has 0 bridgehead atoms. The molecule has 3 aromatic rings. The molecule has 0 spiro atoms. The summed E-state index contributed by atoms with van der Waals surface area (Å²) >= 11 is 0. The molecule has 0 saturated heterocycles. The van der Waals surface area contributed by atoms with Gasteiger partial charge in [0.1, 0.15) is 11.5 Å². The quantitative estimate of drug-likeness (QED) is 0.623. The number of ether oxygens (including phenoxy) is 1. The average molecular weight is 366 g/mol. The summed E-state index contributed by atoms with van der Waals surface area (Å²) in [4.78, 5) is 0.282. The van der Waals surface area contributed by atoms with Crippen LogP contribution < -0.4 is 4.74 Å². The van der Waals surface area contributed by atoms with Gasteiger partial charge >= 0.3 is 0 Å². The minimum Gasteiger partial charge on any atom is -0.457 e. The Hall–Kier alpha value is -2.59. The highest BCUT2D eigenvalue weighted by atomic mass is 32.2. The SMILES string of the molecule is CC(C)(c1ccccc1)c1ccc(Oc2ccc(S(C)(=O)=O)cc2)cc1. The van der Waals surface area contributed by atoms with Gasteiger partial charge in [0.2, 0.25) is 0 Å². The Labute approximate surface area is 155 Å². The van der Waals surface area contributed by atoms with E-state index in [0.29, 0.717) is 11.5 Å². The number of rotatable bonds is 5. The van der Waals surface area contributed by atoms with Crippen molar-refractivity contribution in [2.75, 3.05) is 6.26 Å². The fraction of sp³-hybridized carbons (Fsp3) is 0.182. The van der Waals surface area contributed by atoms with Gasteiger partial charge in [0.25, 0.3) is 0 Å². The largest absolute Gasteiger partial charge is 0.457 e. The Balaban J connectivity index is 1.78. The molecule has 26 heavy (non-hydrogen) atoms. The number of sulfone groups is 1. The Bertz CT molecular complexity index is 972. The molecule has 0 aliphatic rings. The first-order valence-corrected chi connectivity index (χ1v) is 10.3. The fourth-order valence-electron chi connectivity index (χ4n) is 2.85. The summed E-state index contributed by atoms with van der Waals surface area (Å²) in [5, 5.41) is 0. The molecule has 0 atom stereocenters. The van der Waals surface area contributed by atoms with Crippen LogP contribution in [0.25, 0.3) is 0 Å². The molecule has 0 fully saturated rings. The Morgan fingerprint density at radius 1 is 0.692 bits per heavy atom. The number of hydrogen-bond donors (Lipinski definition) is 0. The monoisotopic (exact) mass is 366 g/mol. The van der Waals surface area contributed by atoms with Crippen molar-refractivity contribution in [2.45, 2.75) is 24.2 Å². The normalized spacial score (nSPS) is 12.0. The van der Waals surface area contributed by atoms with E-state index in [4.69, 9.17) is 4.74 Å². The van der Waals surface area contributed by atoms with Crippen LogP contribution in [-0.2, 0) is 15.3 Å². The maximum absolute atomic E-state index is 11.5. The molecular formula is C22H22O3S. The summed E-state index contributed by atoms with van der Waals surface area (Å²) in [5.41, 5.74) is 2.35. The number of benzene rings is 3. The van der Waals surface area contributed by atoms with Gasteiger partial charge in [-0.05, 0) is 47.5 Å². The minimum atomic E-state index is -3.20. The predicted molar refractivity (Wildman–Crippen MR) is 105 cm³/mol. The topological polar surface area (TPSA) is 43.4 Å². The van der Waals surface area contributed by atoms with Crippen LogP contribution in [0, 0.1) is 0 Å². The zero-order chi connectivity index (χ0) is 18.8. The second-order valence-electron chi connectivity index (χ2n) is 6.86. The highest BCUT2D eigenvalue weighted by Crippen LogP contribution is 2.33. The molecular weight excluding hydrogens is 344 g/mol. The van der Waals surface area contributed by atoms with Gasteiger partial charge in [-0.25, -0.2) is 8.42 Å². The van der Waals surface area contributed by atoms with E-state index in [-0.39, 0.29) is 10.3 Å². The standard InChI is InChI=1S/C22H22O3S/c1-22(2,17-7-5-4-6-8-17)18-9-11-19(12-10-18)25-20-13-15-21(16-14-20)26(3,23)24/h4-16H,1-3H3. The van der Waals surface area contributed by atoms with Gasteiger partial charge < -0.3 is 4.74 Å². The first-order valence-electron chi connectivity index (χ1n) is 8.41. The summed E-state index contributed by atoms with van der Waals surface area (Å²) in [6, 6.07) is 24.8. The summed E-state index contributed by atoms with van der Waals surface area (Å²) in [6.45, 7) is 4.39. The Kier molecular flexibility index (Phi) is 4.88. The molecule has 0 aromatic heterocycles. The zero-order valence-electron chi connectivity index (χ0n) is 15.1. The van der Waals surface area contributed by atoms with Crippen LogP contribution in [0.3, 0.4) is 0 Å². The lowest BCUT2D eigenvalue weighted by Gasteiger charge is -2.26. The molecule has 0 aliphatic carbocycles. The average Bonchev–Trinajstić information content (AvgIpc) is 2.63. The van der Waals surface area contributed by atoms with Gasteiger partial charge in [-0.2, -0.15) is 0 Å². The molecule has 3 rings (SSSR count). The maximum Gasteiger partial charge on any atom is 0.175 e. The van der Waals surface area contributed by atoms with Crippen molar-refractivity contribution in [1.29, 1.82) is 0 Å². The first-order chi connectivity index (χ1) is 12.3. The summed E-state index contributed by atoms with van der Waals surface area (Å²) in [6.07, 6.45) is 1.19. The Morgan fingerprint density at radius 3 is 1.65 bits per heavy atom. The van der Waals surface area contributed by atoms with Crippen molar-refractivity contribution in [3.63, 3.8) is 0 Å². The summed E-state index contributed by atoms with van der Waals surface area (Å²) in [7, 11) is -3.20. The van der Waals surface area contributed by atoms with Gasteiger partial charge in [-0.15, -0.1) is 0 Å².